The van der Waals surface area contributed by atoms with E-state index in [2.05, 4.69) is 15.3 Å². The van der Waals surface area contributed by atoms with Crippen molar-refractivity contribution in [3.05, 3.63) is 69.1 Å². The SMILES string of the molecule is Cc1nc(CNC(=O)c2cc3ccccc3oc2=O)nc2c1CCCC2. The third-order valence-corrected chi connectivity index (χ3v) is 4.73. The number of nitrogens with zero attached hydrogens (tertiary/aromatic N) is 2. The van der Waals surface area contributed by atoms with Gasteiger partial charge in [-0.1, -0.05) is 18.2 Å². The third kappa shape index (κ3) is 3.10. The predicted octanol–water partition coefficient (Wildman–Crippen LogP) is 2.70. The van der Waals surface area contributed by atoms with Crippen LogP contribution in [0.4, 0.5) is 0 Å². The maximum atomic E-state index is 12.4. The van der Waals surface area contributed by atoms with Crippen molar-refractivity contribution in [2.45, 2.75) is 39.2 Å². The van der Waals surface area contributed by atoms with Crippen LogP contribution in [0.3, 0.4) is 0 Å². The maximum Gasteiger partial charge on any atom is 0.349 e. The van der Waals surface area contributed by atoms with E-state index in [1.165, 1.54) is 12.0 Å². The number of benzene rings is 1. The van der Waals surface area contributed by atoms with Crippen LogP contribution in [0, 0.1) is 6.92 Å². The van der Waals surface area contributed by atoms with Crippen molar-refractivity contribution in [2.75, 3.05) is 0 Å². The zero-order valence-corrected chi connectivity index (χ0v) is 14.5. The molecule has 0 saturated carbocycles. The molecule has 0 spiro atoms. The van der Waals surface area contributed by atoms with Crippen LogP contribution in [0.5, 0.6) is 0 Å². The number of carbonyl (C=O) groups is 1. The lowest BCUT2D eigenvalue weighted by Crippen LogP contribution is -2.29. The first kappa shape index (κ1) is 16.4. The summed E-state index contributed by atoms with van der Waals surface area (Å²) in [5.41, 5.74) is 3.09. The molecule has 1 N–H and O–H groups in total. The number of rotatable bonds is 3. The Morgan fingerprint density at radius 2 is 2.00 bits per heavy atom. The summed E-state index contributed by atoms with van der Waals surface area (Å²) in [5.74, 6) is 0.0881. The van der Waals surface area contributed by atoms with Crippen molar-refractivity contribution in [3.8, 4) is 0 Å². The molecular formula is C20H19N3O3. The van der Waals surface area contributed by atoms with E-state index in [-0.39, 0.29) is 12.1 Å². The Balaban J connectivity index is 1.55. The molecule has 132 valence electrons. The second kappa shape index (κ2) is 6.71. The number of aromatic nitrogens is 2. The van der Waals surface area contributed by atoms with E-state index in [9.17, 15) is 9.59 Å². The Labute approximate surface area is 150 Å². The van der Waals surface area contributed by atoms with Gasteiger partial charge >= 0.3 is 5.63 Å². The molecule has 1 aliphatic carbocycles. The molecule has 0 bridgehead atoms. The molecule has 1 aliphatic rings. The van der Waals surface area contributed by atoms with Crippen LogP contribution in [-0.4, -0.2) is 15.9 Å². The van der Waals surface area contributed by atoms with E-state index >= 15 is 0 Å². The second-order valence-corrected chi connectivity index (χ2v) is 6.53. The van der Waals surface area contributed by atoms with Crippen molar-refractivity contribution in [1.82, 2.24) is 15.3 Å². The highest BCUT2D eigenvalue weighted by molar-refractivity contribution is 5.96. The van der Waals surface area contributed by atoms with Crippen LogP contribution in [-0.2, 0) is 19.4 Å². The summed E-state index contributed by atoms with van der Waals surface area (Å²) in [6.45, 7) is 2.16. The summed E-state index contributed by atoms with van der Waals surface area (Å²) >= 11 is 0. The molecule has 1 aromatic carbocycles. The van der Waals surface area contributed by atoms with Gasteiger partial charge in [-0.25, -0.2) is 14.8 Å². The lowest BCUT2D eigenvalue weighted by atomic mass is 9.95. The number of amides is 1. The molecule has 0 atom stereocenters. The second-order valence-electron chi connectivity index (χ2n) is 6.53. The van der Waals surface area contributed by atoms with Gasteiger partial charge < -0.3 is 9.73 Å². The Bertz CT molecular complexity index is 1060. The summed E-state index contributed by atoms with van der Waals surface area (Å²) in [4.78, 5) is 33.6. The van der Waals surface area contributed by atoms with Gasteiger partial charge in [-0.05, 0) is 50.3 Å². The predicted molar refractivity (Wildman–Crippen MR) is 97.1 cm³/mol. The van der Waals surface area contributed by atoms with E-state index in [1.54, 1.807) is 24.3 Å². The van der Waals surface area contributed by atoms with Gasteiger partial charge in [0, 0.05) is 16.8 Å². The van der Waals surface area contributed by atoms with Gasteiger partial charge in [-0.2, -0.15) is 0 Å². The first-order valence-corrected chi connectivity index (χ1v) is 8.78. The van der Waals surface area contributed by atoms with Crippen LogP contribution < -0.4 is 10.9 Å². The smallest absolute Gasteiger partial charge is 0.349 e. The van der Waals surface area contributed by atoms with Crippen molar-refractivity contribution in [2.24, 2.45) is 0 Å². The van der Waals surface area contributed by atoms with Crippen molar-refractivity contribution in [1.29, 1.82) is 0 Å². The van der Waals surface area contributed by atoms with Crippen LogP contribution in [0.25, 0.3) is 11.0 Å². The highest BCUT2D eigenvalue weighted by Gasteiger charge is 2.17. The molecule has 0 saturated heterocycles. The summed E-state index contributed by atoms with van der Waals surface area (Å²) in [6.07, 6.45) is 4.28. The van der Waals surface area contributed by atoms with Crippen LogP contribution in [0.15, 0.2) is 39.5 Å². The van der Waals surface area contributed by atoms with Crippen molar-refractivity contribution in [3.63, 3.8) is 0 Å². The molecule has 3 aromatic rings. The van der Waals surface area contributed by atoms with E-state index < -0.39 is 11.5 Å². The minimum Gasteiger partial charge on any atom is -0.422 e. The maximum absolute atomic E-state index is 12.4. The quantitative estimate of drug-likeness (QED) is 0.735. The molecule has 0 unspecified atom stereocenters. The number of hydrogen-bond donors (Lipinski definition) is 1. The van der Waals surface area contributed by atoms with Gasteiger partial charge in [-0.15, -0.1) is 0 Å². The molecule has 2 heterocycles. The van der Waals surface area contributed by atoms with E-state index in [4.69, 9.17) is 4.42 Å². The van der Waals surface area contributed by atoms with Crippen LogP contribution >= 0.6 is 0 Å². The fraction of sp³-hybridized carbons (Fsp3) is 0.300. The molecule has 6 nitrogen and oxygen atoms in total. The number of fused-ring (bicyclic) bond motifs is 2. The largest absolute Gasteiger partial charge is 0.422 e. The number of aryl methyl sites for hydroxylation is 2. The lowest BCUT2D eigenvalue weighted by Gasteiger charge is -2.17. The monoisotopic (exact) mass is 349 g/mol. The number of hydrogen-bond acceptors (Lipinski definition) is 5. The minimum atomic E-state index is -0.649. The Morgan fingerprint density at radius 3 is 2.88 bits per heavy atom. The molecule has 0 radical (unpaired) electrons. The number of carbonyl (C=O) groups excluding carboxylic acids is 1. The highest BCUT2D eigenvalue weighted by atomic mass is 16.4. The summed E-state index contributed by atoms with van der Waals surface area (Å²) in [5, 5.41) is 3.44. The van der Waals surface area contributed by atoms with Crippen molar-refractivity contribution >= 4 is 16.9 Å². The zero-order valence-electron chi connectivity index (χ0n) is 14.5. The van der Waals surface area contributed by atoms with Gasteiger partial charge in [0.05, 0.1) is 6.54 Å². The number of para-hydroxylation sites is 1. The van der Waals surface area contributed by atoms with E-state index in [1.807, 2.05) is 13.0 Å². The van der Waals surface area contributed by atoms with Gasteiger partial charge in [-0.3, -0.25) is 4.79 Å². The molecular weight excluding hydrogens is 330 g/mol. The molecule has 26 heavy (non-hydrogen) atoms. The van der Waals surface area contributed by atoms with Crippen LogP contribution in [0.1, 0.15) is 46.0 Å². The Hall–Kier alpha value is -3.02. The molecule has 0 fully saturated rings. The summed E-state index contributed by atoms with van der Waals surface area (Å²) in [7, 11) is 0. The Kier molecular flexibility index (Phi) is 4.24. The van der Waals surface area contributed by atoms with Crippen molar-refractivity contribution < 1.29 is 9.21 Å². The highest BCUT2D eigenvalue weighted by Crippen LogP contribution is 2.21. The normalized spacial score (nSPS) is 13.4. The molecule has 4 rings (SSSR count). The summed E-state index contributed by atoms with van der Waals surface area (Å²) < 4.78 is 5.21. The van der Waals surface area contributed by atoms with Gasteiger partial charge in [0.2, 0.25) is 0 Å². The van der Waals surface area contributed by atoms with Gasteiger partial charge in [0.15, 0.2) is 0 Å². The minimum absolute atomic E-state index is 0.0154. The molecule has 6 heteroatoms. The fourth-order valence-electron chi connectivity index (χ4n) is 3.40. The van der Waals surface area contributed by atoms with Gasteiger partial charge in [0.1, 0.15) is 17.0 Å². The van der Waals surface area contributed by atoms with E-state index in [0.717, 1.165) is 30.7 Å². The third-order valence-electron chi connectivity index (χ3n) is 4.73. The van der Waals surface area contributed by atoms with Crippen LogP contribution in [0.2, 0.25) is 0 Å². The summed E-state index contributed by atoms with van der Waals surface area (Å²) in [6, 6.07) is 8.65. The van der Waals surface area contributed by atoms with Gasteiger partial charge in [0.25, 0.3) is 5.91 Å². The average Bonchev–Trinajstić information content (AvgIpc) is 2.65. The Morgan fingerprint density at radius 1 is 1.19 bits per heavy atom. The lowest BCUT2D eigenvalue weighted by molar-refractivity contribution is 0.0946. The molecule has 2 aromatic heterocycles. The zero-order chi connectivity index (χ0) is 18.1. The topological polar surface area (TPSA) is 85.1 Å². The standard InChI is InChI=1S/C20H19N3O3/c1-12-14-7-3-4-8-16(14)23-18(22-12)11-21-19(24)15-10-13-6-2-5-9-17(13)26-20(15)25/h2,5-6,9-10H,3-4,7-8,11H2,1H3,(H,21,24). The average molecular weight is 349 g/mol. The first-order valence-electron chi connectivity index (χ1n) is 8.78. The number of nitrogens with one attached hydrogen (secondary N) is 1. The fourth-order valence-corrected chi connectivity index (χ4v) is 3.40. The molecule has 0 aliphatic heterocycles. The van der Waals surface area contributed by atoms with E-state index in [0.29, 0.717) is 16.8 Å². The first-order chi connectivity index (χ1) is 12.6. The molecule has 1 amide bonds.